The summed E-state index contributed by atoms with van der Waals surface area (Å²) in [7, 11) is 1.54. The Labute approximate surface area is 147 Å². The van der Waals surface area contributed by atoms with Crippen LogP contribution in [0.1, 0.15) is 12.0 Å². The summed E-state index contributed by atoms with van der Waals surface area (Å²) in [5.74, 6) is 0.793. The van der Waals surface area contributed by atoms with Crippen LogP contribution in [-0.2, 0) is 4.84 Å². The van der Waals surface area contributed by atoms with Crippen molar-refractivity contribution in [2.45, 2.75) is 6.42 Å². The Balaban J connectivity index is 1.53. The monoisotopic (exact) mass is 342 g/mol. The van der Waals surface area contributed by atoms with Crippen molar-refractivity contribution < 1.29 is 9.23 Å². The summed E-state index contributed by atoms with van der Waals surface area (Å²) in [6, 6.07) is 12.4. The minimum Gasteiger partial charge on any atom is -0.399 e. The van der Waals surface area contributed by atoms with Gasteiger partial charge in [-0.2, -0.15) is 0 Å². The van der Waals surface area contributed by atoms with E-state index in [0.717, 1.165) is 56.2 Å². The molecule has 25 heavy (non-hydrogen) atoms. The molecule has 6 heteroatoms. The maximum absolute atomic E-state index is 13.1. The van der Waals surface area contributed by atoms with Gasteiger partial charge in [-0.05, 0) is 29.8 Å². The van der Waals surface area contributed by atoms with Gasteiger partial charge in [0, 0.05) is 45.3 Å². The number of halogens is 1. The average Bonchev–Trinajstić information content (AvgIpc) is 2.67. The smallest absolute Gasteiger partial charge is 0.128 e. The van der Waals surface area contributed by atoms with Gasteiger partial charge in [0.05, 0.1) is 5.71 Å². The van der Waals surface area contributed by atoms with E-state index in [1.807, 2.05) is 24.4 Å². The van der Waals surface area contributed by atoms with E-state index in [9.17, 15) is 4.39 Å². The van der Waals surface area contributed by atoms with Crippen molar-refractivity contribution in [2.75, 3.05) is 44.7 Å². The Morgan fingerprint density at radius 3 is 2.52 bits per heavy atom. The normalized spacial score (nSPS) is 16.1. The van der Waals surface area contributed by atoms with Crippen LogP contribution in [0.4, 0.5) is 10.2 Å². The highest BCUT2D eigenvalue weighted by Gasteiger charge is 2.18. The van der Waals surface area contributed by atoms with Crippen molar-refractivity contribution in [3.8, 4) is 0 Å². The van der Waals surface area contributed by atoms with Crippen molar-refractivity contribution in [2.24, 2.45) is 5.16 Å². The molecule has 0 aliphatic carbocycles. The van der Waals surface area contributed by atoms with Crippen molar-refractivity contribution >= 4 is 11.5 Å². The van der Waals surface area contributed by atoms with E-state index in [2.05, 4.69) is 19.9 Å². The maximum Gasteiger partial charge on any atom is 0.128 e. The number of hydrogen-bond donors (Lipinski definition) is 0. The van der Waals surface area contributed by atoms with Gasteiger partial charge < -0.3 is 9.74 Å². The summed E-state index contributed by atoms with van der Waals surface area (Å²) in [5, 5.41) is 4.12. The van der Waals surface area contributed by atoms with Gasteiger partial charge in [-0.1, -0.05) is 23.4 Å². The van der Waals surface area contributed by atoms with Gasteiger partial charge in [0.1, 0.15) is 18.7 Å². The van der Waals surface area contributed by atoms with E-state index >= 15 is 0 Å². The molecule has 2 aromatic rings. The molecule has 3 rings (SSSR count). The molecule has 0 saturated carbocycles. The maximum atomic E-state index is 13.1. The first-order chi connectivity index (χ1) is 12.3. The van der Waals surface area contributed by atoms with Gasteiger partial charge in [-0.15, -0.1) is 0 Å². The first-order valence-corrected chi connectivity index (χ1v) is 8.50. The van der Waals surface area contributed by atoms with Gasteiger partial charge in [0.25, 0.3) is 0 Å². The molecule has 1 aliphatic heterocycles. The predicted molar refractivity (Wildman–Crippen MR) is 97.5 cm³/mol. The minimum absolute atomic E-state index is 0.244. The number of pyridine rings is 1. The third-order valence-corrected chi connectivity index (χ3v) is 4.39. The van der Waals surface area contributed by atoms with Gasteiger partial charge in [-0.3, -0.25) is 4.90 Å². The van der Waals surface area contributed by atoms with Crippen molar-refractivity contribution in [3.05, 3.63) is 60.0 Å². The molecule has 5 nitrogen and oxygen atoms in total. The van der Waals surface area contributed by atoms with E-state index in [-0.39, 0.29) is 5.82 Å². The Morgan fingerprint density at radius 1 is 1.12 bits per heavy atom. The first-order valence-electron chi connectivity index (χ1n) is 8.50. The number of hydrogen-bond acceptors (Lipinski definition) is 5. The molecule has 0 atom stereocenters. The fraction of sp³-hybridized carbons (Fsp3) is 0.368. The lowest BCUT2D eigenvalue weighted by atomic mass is 10.1. The molecule has 1 aromatic carbocycles. The zero-order valence-corrected chi connectivity index (χ0v) is 14.4. The van der Waals surface area contributed by atoms with Crippen LogP contribution >= 0.6 is 0 Å². The summed E-state index contributed by atoms with van der Waals surface area (Å²) >= 11 is 0. The Hall–Kier alpha value is -2.47. The quantitative estimate of drug-likeness (QED) is 0.598. The molecular weight excluding hydrogens is 319 g/mol. The fourth-order valence-electron chi connectivity index (χ4n) is 3.00. The van der Waals surface area contributed by atoms with Crippen LogP contribution in [0.5, 0.6) is 0 Å². The minimum atomic E-state index is -0.244. The van der Waals surface area contributed by atoms with Crippen LogP contribution in [-0.4, -0.2) is 55.4 Å². The molecule has 0 spiro atoms. The highest BCUT2D eigenvalue weighted by Crippen LogP contribution is 2.14. The molecule has 1 fully saturated rings. The zero-order chi connectivity index (χ0) is 17.5. The summed E-state index contributed by atoms with van der Waals surface area (Å²) in [6.07, 6.45) is 2.60. The predicted octanol–water partition coefficient (Wildman–Crippen LogP) is 2.78. The van der Waals surface area contributed by atoms with E-state index in [4.69, 9.17) is 4.84 Å². The topological polar surface area (TPSA) is 41.0 Å². The summed E-state index contributed by atoms with van der Waals surface area (Å²) in [4.78, 5) is 14.1. The molecule has 0 unspecified atom stereocenters. The summed E-state index contributed by atoms with van der Waals surface area (Å²) in [5.41, 5.74) is 1.74. The Morgan fingerprint density at radius 2 is 1.88 bits per heavy atom. The second kappa shape index (κ2) is 8.58. The molecule has 2 heterocycles. The van der Waals surface area contributed by atoms with Crippen molar-refractivity contribution in [1.29, 1.82) is 0 Å². The van der Waals surface area contributed by atoms with Crippen LogP contribution in [0.25, 0.3) is 0 Å². The fourth-order valence-corrected chi connectivity index (χ4v) is 3.00. The molecule has 0 bridgehead atoms. The van der Waals surface area contributed by atoms with Crippen molar-refractivity contribution in [1.82, 2.24) is 9.88 Å². The lowest BCUT2D eigenvalue weighted by molar-refractivity contribution is 0.211. The highest BCUT2D eigenvalue weighted by molar-refractivity contribution is 6.00. The third-order valence-electron chi connectivity index (χ3n) is 4.39. The first kappa shape index (κ1) is 17.4. The van der Waals surface area contributed by atoms with Gasteiger partial charge in [-0.25, -0.2) is 9.37 Å². The van der Waals surface area contributed by atoms with Crippen LogP contribution in [0, 0.1) is 5.82 Å². The van der Waals surface area contributed by atoms with E-state index < -0.39 is 0 Å². The Kier molecular flexibility index (Phi) is 5.95. The molecule has 0 amide bonds. The number of piperazine rings is 1. The van der Waals surface area contributed by atoms with Gasteiger partial charge in [0.2, 0.25) is 0 Å². The number of anilines is 1. The van der Waals surface area contributed by atoms with Gasteiger partial charge >= 0.3 is 0 Å². The second-order valence-electron chi connectivity index (χ2n) is 5.99. The number of oxime groups is 1. The van der Waals surface area contributed by atoms with E-state index in [0.29, 0.717) is 0 Å². The number of rotatable bonds is 6. The lowest BCUT2D eigenvalue weighted by Gasteiger charge is -2.35. The number of nitrogens with zero attached hydrogens (tertiary/aromatic N) is 4. The average molecular weight is 342 g/mol. The third kappa shape index (κ3) is 4.76. The molecule has 1 aromatic heterocycles. The lowest BCUT2D eigenvalue weighted by Crippen LogP contribution is -2.47. The number of benzene rings is 1. The Bertz CT molecular complexity index is 682. The molecule has 1 aliphatic rings. The van der Waals surface area contributed by atoms with Crippen molar-refractivity contribution in [3.63, 3.8) is 0 Å². The zero-order valence-electron chi connectivity index (χ0n) is 14.4. The van der Waals surface area contributed by atoms with E-state index in [1.54, 1.807) is 12.1 Å². The highest BCUT2D eigenvalue weighted by atomic mass is 19.1. The number of aromatic nitrogens is 1. The van der Waals surface area contributed by atoms with Crippen LogP contribution in [0.15, 0.2) is 53.8 Å². The molecule has 0 radical (unpaired) electrons. The molecule has 0 N–H and O–H groups in total. The largest absolute Gasteiger partial charge is 0.399 e. The van der Waals surface area contributed by atoms with E-state index in [1.165, 1.54) is 19.2 Å². The van der Waals surface area contributed by atoms with Crippen LogP contribution in [0.2, 0.25) is 0 Å². The summed E-state index contributed by atoms with van der Waals surface area (Å²) < 4.78 is 13.1. The summed E-state index contributed by atoms with van der Waals surface area (Å²) in [6.45, 7) is 4.80. The van der Waals surface area contributed by atoms with Gasteiger partial charge in [0.15, 0.2) is 0 Å². The van der Waals surface area contributed by atoms with Crippen LogP contribution < -0.4 is 4.90 Å². The van der Waals surface area contributed by atoms with Crippen LogP contribution in [0.3, 0.4) is 0 Å². The SMILES string of the molecule is CO/N=C(\CCN1CCN(c2ccccn2)CC1)c1ccc(F)cc1. The second-order valence-corrected chi connectivity index (χ2v) is 5.99. The molecule has 132 valence electrons. The molecule has 1 saturated heterocycles. The molecular formula is C19H23FN4O. The standard InChI is InChI=1S/C19H23FN4O/c1-25-22-18(16-5-7-17(20)8-6-16)9-11-23-12-14-24(15-13-23)19-4-2-3-10-21-19/h2-8,10H,9,11-15H2,1H3/b22-18+.